The molecule has 0 amide bonds. The molecule has 1 aliphatic rings. The Hall–Kier alpha value is -2.81. The van der Waals surface area contributed by atoms with Crippen molar-refractivity contribution in [2.75, 3.05) is 19.4 Å². The van der Waals surface area contributed by atoms with Gasteiger partial charge in [-0.25, -0.2) is 8.42 Å². The number of ketones is 1. The lowest BCUT2D eigenvalue weighted by molar-refractivity contribution is 0.103. The highest BCUT2D eigenvalue weighted by molar-refractivity contribution is 7.91. The standard InChI is InChI=1S/C23H24N2O5S/c1-23(2)18-9-15(31(29,30)12-14(27)11-26)5-7-16(18)21(28)20-17-6-4-13(10-24-3)8-19(17)25-22(20)23/h4-10,14,25-27H,11-12H2,1-3H3/b24-10-. The second-order valence-electron chi connectivity index (χ2n) is 8.35. The first-order valence-corrected chi connectivity index (χ1v) is 11.5. The Morgan fingerprint density at radius 3 is 2.61 bits per heavy atom. The van der Waals surface area contributed by atoms with E-state index in [0.717, 1.165) is 22.2 Å². The predicted molar refractivity (Wildman–Crippen MR) is 119 cm³/mol. The van der Waals surface area contributed by atoms with Gasteiger partial charge in [0.25, 0.3) is 0 Å². The molecule has 0 spiro atoms. The van der Waals surface area contributed by atoms with Crippen molar-refractivity contribution >= 4 is 32.7 Å². The average molecular weight is 441 g/mol. The first-order valence-electron chi connectivity index (χ1n) is 9.89. The summed E-state index contributed by atoms with van der Waals surface area (Å²) in [6.07, 6.45) is 0.371. The highest BCUT2D eigenvalue weighted by Gasteiger charge is 2.40. The second kappa shape index (κ2) is 7.40. The van der Waals surface area contributed by atoms with Gasteiger partial charge in [0.2, 0.25) is 0 Å². The maximum atomic E-state index is 13.4. The number of aliphatic hydroxyl groups excluding tert-OH is 2. The van der Waals surface area contributed by atoms with Crippen molar-refractivity contribution in [2.45, 2.75) is 30.3 Å². The first-order chi connectivity index (χ1) is 14.6. The Morgan fingerprint density at radius 2 is 1.94 bits per heavy atom. The van der Waals surface area contributed by atoms with E-state index >= 15 is 0 Å². The molecule has 0 bridgehead atoms. The zero-order valence-corrected chi connectivity index (χ0v) is 18.3. The van der Waals surface area contributed by atoms with Crippen molar-refractivity contribution < 1.29 is 23.4 Å². The summed E-state index contributed by atoms with van der Waals surface area (Å²) in [4.78, 5) is 20.8. The van der Waals surface area contributed by atoms with Gasteiger partial charge in [-0.15, -0.1) is 0 Å². The number of aromatic nitrogens is 1. The molecule has 4 rings (SSSR count). The lowest BCUT2D eigenvalue weighted by Crippen LogP contribution is -2.31. The van der Waals surface area contributed by atoms with Crippen LogP contribution < -0.4 is 0 Å². The number of fused-ring (bicyclic) bond motifs is 4. The van der Waals surface area contributed by atoms with Crippen LogP contribution in [0.1, 0.15) is 46.6 Å². The number of benzene rings is 2. The van der Waals surface area contributed by atoms with Crippen LogP contribution in [0.15, 0.2) is 46.3 Å². The number of aromatic amines is 1. The Kier molecular flexibility index (Phi) is 5.12. The molecular weight excluding hydrogens is 416 g/mol. The van der Waals surface area contributed by atoms with E-state index < -0.39 is 33.7 Å². The van der Waals surface area contributed by atoms with E-state index in [-0.39, 0.29) is 10.7 Å². The van der Waals surface area contributed by atoms with E-state index in [9.17, 15) is 18.3 Å². The van der Waals surface area contributed by atoms with E-state index in [2.05, 4.69) is 9.98 Å². The number of carbonyl (C=O) groups is 1. The molecule has 1 unspecified atom stereocenters. The lowest BCUT2D eigenvalue weighted by atomic mass is 9.71. The minimum Gasteiger partial charge on any atom is -0.394 e. The van der Waals surface area contributed by atoms with E-state index in [1.807, 2.05) is 32.0 Å². The number of aliphatic imine (C=N–C) groups is 1. The van der Waals surface area contributed by atoms with Crippen LogP contribution >= 0.6 is 0 Å². The number of hydrogen-bond donors (Lipinski definition) is 3. The van der Waals surface area contributed by atoms with Gasteiger partial charge in [-0.2, -0.15) is 0 Å². The fourth-order valence-corrected chi connectivity index (χ4v) is 5.63. The number of hydrogen-bond acceptors (Lipinski definition) is 6. The molecule has 3 N–H and O–H groups in total. The van der Waals surface area contributed by atoms with Crippen LogP contribution in [0.4, 0.5) is 0 Å². The quantitative estimate of drug-likeness (QED) is 0.526. The van der Waals surface area contributed by atoms with Crippen molar-refractivity contribution in [1.82, 2.24) is 4.98 Å². The minimum atomic E-state index is -3.83. The Balaban J connectivity index is 1.89. The van der Waals surface area contributed by atoms with Gasteiger partial charge in [0.1, 0.15) is 0 Å². The summed E-state index contributed by atoms with van der Waals surface area (Å²) in [5, 5.41) is 19.4. The van der Waals surface area contributed by atoms with Crippen LogP contribution in [-0.4, -0.2) is 61.1 Å². The third-order valence-electron chi connectivity index (χ3n) is 5.84. The minimum absolute atomic E-state index is 0.0145. The number of nitrogens with zero attached hydrogens (tertiary/aromatic N) is 1. The highest BCUT2D eigenvalue weighted by Crippen LogP contribution is 2.44. The SMILES string of the molecule is C/N=C\c1ccc2c3c([nH]c2c1)C(C)(C)c1cc(S(=O)(=O)CC(O)CO)ccc1C3=O. The Bertz CT molecular complexity index is 1340. The largest absolute Gasteiger partial charge is 0.394 e. The summed E-state index contributed by atoms with van der Waals surface area (Å²) in [6.45, 7) is 3.25. The van der Waals surface area contributed by atoms with Gasteiger partial charge in [-0.05, 0) is 35.4 Å². The molecular formula is C23H24N2O5S. The topological polar surface area (TPSA) is 120 Å². The van der Waals surface area contributed by atoms with E-state index in [0.29, 0.717) is 16.7 Å². The molecule has 0 fully saturated rings. The normalized spacial score (nSPS) is 16.5. The number of H-pyrrole nitrogens is 1. The molecule has 0 saturated heterocycles. The van der Waals surface area contributed by atoms with Gasteiger partial charge in [-0.1, -0.05) is 26.0 Å². The van der Waals surface area contributed by atoms with E-state index in [1.165, 1.54) is 18.2 Å². The number of aliphatic hydroxyl groups is 2. The maximum Gasteiger partial charge on any atom is 0.195 e. The molecule has 3 aromatic rings. The first kappa shape index (κ1) is 21.4. The zero-order valence-electron chi connectivity index (χ0n) is 17.5. The van der Waals surface area contributed by atoms with Crippen LogP contribution in [0.5, 0.6) is 0 Å². The molecule has 1 aliphatic carbocycles. The number of carbonyl (C=O) groups excluding carboxylic acids is 1. The molecule has 162 valence electrons. The Morgan fingerprint density at radius 1 is 1.19 bits per heavy atom. The van der Waals surface area contributed by atoms with E-state index in [4.69, 9.17) is 5.11 Å². The highest BCUT2D eigenvalue weighted by atomic mass is 32.2. The van der Waals surface area contributed by atoms with Gasteiger partial charge in [0.05, 0.1) is 28.9 Å². The van der Waals surface area contributed by atoms with Crippen LogP contribution in [0.3, 0.4) is 0 Å². The van der Waals surface area contributed by atoms with Crippen LogP contribution in [0, 0.1) is 0 Å². The van der Waals surface area contributed by atoms with Crippen molar-refractivity contribution in [3.05, 3.63) is 64.3 Å². The lowest BCUT2D eigenvalue weighted by Gasteiger charge is -2.32. The predicted octanol–water partition coefficient (Wildman–Crippen LogP) is 2.21. The van der Waals surface area contributed by atoms with Gasteiger partial charge >= 0.3 is 0 Å². The monoisotopic (exact) mass is 440 g/mol. The summed E-state index contributed by atoms with van der Waals surface area (Å²) in [5.74, 6) is -0.748. The van der Waals surface area contributed by atoms with Crippen LogP contribution in [0.25, 0.3) is 10.9 Å². The van der Waals surface area contributed by atoms with Gasteiger partial charge in [-0.3, -0.25) is 9.79 Å². The molecule has 1 atom stereocenters. The van der Waals surface area contributed by atoms with Crippen molar-refractivity contribution in [3.8, 4) is 0 Å². The fourth-order valence-electron chi connectivity index (χ4n) is 4.25. The zero-order chi connectivity index (χ0) is 22.6. The average Bonchev–Trinajstić information content (AvgIpc) is 3.12. The second-order valence-corrected chi connectivity index (χ2v) is 10.4. The summed E-state index contributed by atoms with van der Waals surface area (Å²) < 4.78 is 25.4. The molecule has 0 radical (unpaired) electrons. The molecule has 8 heteroatoms. The maximum absolute atomic E-state index is 13.4. The van der Waals surface area contributed by atoms with Crippen molar-refractivity contribution in [2.24, 2.45) is 4.99 Å². The van der Waals surface area contributed by atoms with Gasteiger partial charge in [0, 0.05) is 40.8 Å². The van der Waals surface area contributed by atoms with Crippen LogP contribution in [-0.2, 0) is 15.3 Å². The fraction of sp³-hybridized carbons (Fsp3) is 0.304. The third kappa shape index (κ3) is 3.40. The summed E-state index contributed by atoms with van der Waals surface area (Å²) in [5.41, 5.74) is 3.46. The number of sulfone groups is 1. The molecule has 2 aromatic carbocycles. The molecule has 0 aliphatic heterocycles. The molecule has 31 heavy (non-hydrogen) atoms. The summed E-state index contributed by atoms with van der Waals surface area (Å²) >= 11 is 0. The Labute approximate surface area is 180 Å². The van der Waals surface area contributed by atoms with Crippen molar-refractivity contribution in [1.29, 1.82) is 0 Å². The van der Waals surface area contributed by atoms with Gasteiger partial charge in [0.15, 0.2) is 15.6 Å². The summed E-state index contributed by atoms with van der Waals surface area (Å²) in [7, 11) is -2.14. The van der Waals surface area contributed by atoms with Crippen molar-refractivity contribution in [3.63, 3.8) is 0 Å². The number of nitrogens with one attached hydrogen (secondary N) is 1. The molecule has 1 aromatic heterocycles. The smallest absolute Gasteiger partial charge is 0.195 e. The molecule has 1 heterocycles. The van der Waals surface area contributed by atoms with E-state index in [1.54, 1.807) is 13.3 Å². The van der Waals surface area contributed by atoms with Crippen LogP contribution in [0.2, 0.25) is 0 Å². The molecule has 7 nitrogen and oxygen atoms in total. The van der Waals surface area contributed by atoms with Gasteiger partial charge < -0.3 is 15.2 Å². The third-order valence-corrected chi connectivity index (χ3v) is 7.64. The summed E-state index contributed by atoms with van der Waals surface area (Å²) in [6, 6.07) is 10.2. The number of rotatable bonds is 5. The molecule has 0 saturated carbocycles.